The fourth-order valence-electron chi connectivity index (χ4n) is 1.33. The molecule has 0 radical (unpaired) electrons. The number of nitrogens with zero attached hydrogens (tertiary/aromatic N) is 1. The summed E-state index contributed by atoms with van der Waals surface area (Å²) in [6, 6.07) is 3.14. The molecule has 0 spiro atoms. The van der Waals surface area contributed by atoms with Crippen LogP contribution in [0.15, 0.2) is 22.8 Å². The second-order valence-corrected chi connectivity index (χ2v) is 5.01. The second kappa shape index (κ2) is 6.33. The Hall–Kier alpha value is -0.650. The monoisotopic (exact) mass is 322 g/mol. The number of ether oxygens (including phenoxy) is 1. The molecule has 96 valence electrons. The maximum Gasteiger partial charge on any atom is 0.313 e. The van der Waals surface area contributed by atoms with Crippen molar-refractivity contribution in [1.29, 1.82) is 0 Å². The summed E-state index contributed by atoms with van der Waals surface area (Å²) in [5.41, 5.74) is 5.89. The molecule has 0 saturated carbocycles. The van der Waals surface area contributed by atoms with Gasteiger partial charge in [-0.05, 0) is 41.9 Å². The number of hydrogen-bond acceptors (Lipinski definition) is 4. The summed E-state index contributed by atoms with van der Waals surface area (Å²) in [5, 5.41) is 0. The fraction of sp³-hybridized carbons (Fsp3) is 0.455. The number of pyridine rings is 1. The van der Waals surface area contributed by atoms with Crippen molar-refractivity contribution >= 4 is 34.3 Å². The molecule has 4 nitrogen and oxygen atoms in total. The molecule has 2 N–H and O–H groups in total. The van der Waals surface area contributed by atoms with Gasteiger partial charge in [-0.2, -0.15) is 0 Å². The molecule has 1 aromatic heterocycles. The molecular weight excluding hydrogens is 307 g/mol. The van der Waals surface area contributed by atoms with Gasteiger partial charge in [-0.1, -0.05) is 0 Å². The summed E-state index contributed by atoms with van der Waals surface area (Å²) >= 11 is 3.29. The van der Waals surface area contributed by atoms with Crippen molar-refractivity contribution in [2.45, 2.75) is 19.9 Å². The molecule has 0 bridgehead atoms. The molecule has 0 amide bonds. The average Bonchev–Trinajstić information content (AvgIpc) is 2.28. The third kappa shape index (κ3) is 3.66. The van der Waals surface area contributed by atoms with Gasteiger partial charge in [0, 0.05) is 10.7 Å². The molecule has 1 aromatic rings. The molecule has 0 aliphatic rings. The van der Waals surface area contributed by atoms with Crippen LogP contribution in [0.1, 0.15) is 25.6 Å². The molecule has 0 aliphatic heterocycles. The molecule has 1 atom stereocenters. The van der Waals surface area contributed by atoms with E-state index in [0.29, 0.717) is 5.69 Å². The third-order valence-corrected chi connectivity index (χ3v) is 3.03. The Morgan fingerprint density at radius 1 is 1.53 bits per heavy atom. The van der Waals surface area contributed by atoms with Crippen LogP contribution in [0, 0.1) is 5.41 Å². The van der Waals surface area contributed by atoms with Crippen LogP contribution in [0.3, 0.4) is 0 Å². The SMILES string of the molecule is COC(=O)C(C)(C)[C@@H](N)c1ccc(Br)cn1.Cl. The highest BCUT2D eigenvalue weighted by atomic mass is 79.9. The van der Waals surface area contributed by atoms with E-state index in [9.17, 15) is 4.79 Å². The van der Waals surface area contributed by atoms with Crippen molar-refractivity contribution in [3.63, 3.8) is 0 Å². The zero-order chi connectivity index (χ0) is 12.3. The molecule has 0 aliphatic carbocycles. The quantitative estimate of drug-likeness (QED) is 0.868. The van der Waals surface area contributed by atoms with E-state index in [2.05, 4.69) is 20.9 Å². The van der Waals surface area contributed by atoms with Gasteiger partial charge in [0.2, 0.25) is 0 Å². The first kappa shape index (κ1) is 16.4. The van der Waals surface area contributed by atoms with E-state index >= 15 is 0 Å². The van der Waals surface area contributed by atoms with Gasteiger partial charge in [-0.15, -0.1) is 12.4 Å². The van der Waals surface area contributed by atoms with Gasteiger partial charge in [0.25, 0.3) is 0 Å². The number of hydrogen-bond donors (Lipinski definition) is 1. The van der Waals surface area contributed by atoms with Crippen molar-refractivity contribution in [3.8, 4) is 0 Å². The molecule has 1 heterocycles. The summed E-state index contributed by atoms with van der Waals surface area (Å²) in [7, 11) is 1.35. The van der Waals surface area contributed by atoms with Crippen molar-refractivity contribution in [2.75, 3.05) is 7.11 Å². The summed E-state index contributed by atoms with van der Waals surface area (Å²) in [6.07, 6.45) is 1.66. The topological polar surface area (TPSA) is 65.2 Å². The van der Waals surface area contributed by atoms with Gasteiger partial charge in [0.05, 0.1) is 24.3 Å². The van der Waals surface area contributed by atoms with Crippen molar-refractivity contribution in [1.82, 2.24) is 4.98 Å². The molecule has 1 rings (SSSR count). The largest absolute Gasteiger partial charge is 0.469 e. The van der Waals surface area contributed by atoms with Crippen LogP contribution in [0.2, 0.25) is 0 Å². The minimum absolute atomic E-state index is 0. The van der Waals surface area contributed by atoms with Crippen molar-refractivity contribution < 1.29 is 9.53 Å². The standard InChI is InChI=1S/C11H15BrN2O2.ClH/c1-11(2,10(15)16-3)9(13)8-5-4-7(12)6-14-8;/h4-6,9H,13H2,1-3H3;1H/t9-;/m0./s1. The van der Waals surface area contributed by atoms with E-state index in [1.165, 1.54) is 7.11 Å². The highest BCUT2D eigenvalue weighted by Gasteiger charge is 2.37. The lowest BCUT2D eigenvalue weighted by Crippen LogP contribution is -2.37. The van der Waals surface area contributed by atoms with Crippen LogP contribution < -0.4 is 5.73 Å². The molecular formula is C11H16BrClN2O2. The van der Waals surface area contributed by atoms with Gasteiger partial charge in [0.1, 0.15) is 0 Å². The zero-order valence-corrected chi connectivity index (χ0v) is 12.3. The van der Waals surface area contributed by atoms with Crippen LogP contribution in [-0.4, -0.2) is 18.1 Å². The summed E-state index contributed by atoms with van der Waals surface area (Å²) < 4.78 is 5.60. The Morgan fingerprint density at radius 2 is 2.12 bits per heavy atom. The Kier molecular flexibility index (Phi) is 6.09. The van der Waals surface area contributed by atoms with E-state index in [-0.39, 0.29) is 18.4 Å². The van der Waals surface area contributed by atoms with Gasteiger partial charge >= 0.3 is 5.97 Å². The van der Waals surface area contributed by atoms with E-state index in [1.54, 1.807) is 26.1 Å². The summed E-state index contributed by atoms with van der Waals surface area (Å²) in [6.45, 7) is 3.49. The lowest BCUT2D eigenvalue weighted by Gasteiger charge is -2.28. The van der Waals surface area contributed by atoms with E-state index in [4.69, 9.17) is 10.5 Å². The minimum Gasteiger partial charge on any atom is -0.469 e. The maximum atomic E-state index is 11.6. The number of methoxy groups -OCH3 is 1. The van der Waals surface area contributed by atoms with Crippen LogP contribution in [0.5, 0.6) is 0 Å². The normalized spacial score (nSPS) is 12.5. The van der Waals surface area contributed by atoms with E-state index in [1.807, 2.05) is 6.07 Å². The van der Waals surface area contributed by atoms with Crippen LogP contribution in [-0.2, 0) is 9.53 Å². The van der Waals surface area contributed by atoms with Crippen molar-refractivity contribution in [3.05, 3.63) is 28.5 Å². The van der Waals surface area contributed by atoms with Gasteiger partial charge in [-0.3, -0.25) is 9.78 Å². The van der Waals surface area contributed by atoms with Gasteiger partial charge < -0.3 is 10.5 Å². The predicted octanol–water partition coefficient (Wildman–Crippen LogP) is 2.46. The number of carbonyl (C=O) groups is 1. The highest BCUT2D eigenvalue weighted by molar-refractivity contribution is 9.10. The minimum atomic E-state index is -0.796. The first-order valence-corrected chi connectivity index (χ1v) is 5.64. The van der Waals surface area contributed by atoms with E-state index in [0.717, 1.165) is 4.47 Å². The molecule has 0 aromatic carbocycles. The predicted molar refractivity (Wildman–Crippen MR) is 71.9 cm³/mol. The number of carbonyl (C=O) groups excluding carboxylic acids is 1. The number of esters is 1. The Morgan fingerprint density at radius 3 is 2.53 bits per heavy atom. The van der Waals surface area contributed by atoms with Gasteiger partial charge in [-0.25, -0.2) is 0 Å². The summed E-state index contributed by atoms with van der Waals surface area (Å²) in [4.78, 5) is 15.8. The lowest BCUT2D eigenvalue weighted by atomic mass is 9.83. The Labute approximate surface area is 115 Å². The Bertz CT molecular complexity index is 382. The maximum absolute atomic E-state index is 11.6. The number of rotatable bonds is 3. The van der Waals surface area contributed by atoms with Crippen LogP contribution >= 0.6 is 28.3 Å². The number of aromatic nitrogens is 1. The summed E-state index contributed by atoms with van der Waals surface area (Å²) in [5.74, 6) is -0.343. The van der Waals surface area contributed by atoms with Crippen LogP contribution in [0.4, 0.5) is 0 Å². The fourth-order valence-corrected chi connectivity index (χ4v) is 1.57. The Balaban J connectivity index is 0.00000256. The van der Waals surface area contributed by atoms with Crippen LogP contribution in [0.25, 0.3) is 0 Å². The highest BCUT2D eigenvalue weighted by Crippen LogP contribution is 2.31. The lowest BCUT2D eigenvalue weighted by molar-refractivity contribution is -0.152. The van der Waals surface area contributed by atoms with E-state index < -0.39 is 11.5 Å². The third-order valence-electron chi connectivity index (χ3n) is 2.56. The first-order chi connectivity index (χ1) is 7.39. The molecule has 6 heteroatoms. The molecule has 0 saturated heterocycles. The second-order valence-electron chi connectivity index (χ2n) is 4.09. The van der Waals surface area contributed by atoms with Crippen molar-refractivity contribution in [2.24, 2.45) is 11.1 Å². The number of nitrogens with two attached hydrogens (primary N) is 1. The molecule has 0 unspecified atom stereocenters. The smallest absolute Gasteiger partial charge is 0.313 e. The number of halogens is 2. The zero-order valence-electron chi connectivity index (χ0n) is 9.94. The van der Waals surface area contributed by atoms with Gasteiger partial charge in [0.15, 0.2) is 0 Å². The first-order valence-electron chi connectivity index (χ1n) is 4.85. The average molecular weight is 324 g/mol. The molecule has 0 fully saturated rings. The molecule has 17 heavy (non-hydrogen) atoms.